The Bertz CT molecular complexity index is 499. The van der Waals surface area contributed by atoms with Crippen molar-refractivity contribution in [2.45, 2.75) is 32.3 Å². The summed E-state index contributed by atoms with van der Waals surface area (Å²) in [4.78, 5) is 14.0. The van der Waals surface area contributed by atoms with Gasteiger partial charge in [0.05, 0.1) is 6.10 Å². The third-order valence-electron chi connectivity index (χ3n) is 4.21. The van der Waals surface area contributed by atoms with E-state index in [0.29, 0.717) is 6.54 Å². The molecule has 1 aliphatic carbocycles. The summed E-state index contributed by atoms with van der Waals surface area (Å²) in [6.45, 7) is 4.46. The first kappa shape index (κ1) is 14.4. The second-order valence-electron chi connectivity index (χ2n) is 6.08. The van der Waals surface area contributed by atoms with Crippen molar-refractivity contribution in [3.05, 3.63) is 29.8 Å². The summed E-state index contributed by atoms with van der Waals surface area (Å²) >= 11 is 0. The molecule has 4 nitrogen and oxygen atoms in total. The fourth-order valence-electron chi connectivity index (χ4n) is 2.60. The van der Waals surface area contributed by atoms with Crippen molar-refractivity contribution in [3.63, 3.8) is 0 Å². The molecule has 3 rings (SSSR count). The number of carbonyl (C=O) groups is 1. The topological polar surface area (TPSA) is 38.8 Å². The molecule has 1 saturated carbocycles. The number of para-hydroxylation sites is 1. The van der Waals surface area contributed by atoms with Gasteiger partial charge in [0.15, 0.2) is 6.61 Å². The van der Waals surface area contributed by atoms with Crippen LogP contribution in [-0.4, -0.2) is 43.2 Å². The van der Waals surface area contributed by atoms with E-state index < -0.39 is 0 Å². The van der Waals surface area contributed by atoms with Gasteiger partial charge in [-0.1, -0.05) is 18.2 Å². The molecular formula is C17H23NO3. The monoisotopic (exact) mass is 289 g/mol. The van der Waals surface area contributed by atoms with E-state index in [9.17, 15) is 4.79 Å². The average molecular weight is 289 g/mol. The van der Waals surface area contributed by atoms with E-state index in [-0.39, 0.29) is 18.6 Å². The predicted molar refractivity (Wildman–Crippen MR) is 80.3 cm³/mol. The molecule has 1 amide bonds. The van der Waals surface area contributed by atoms with Gasteiger partial charge >= 0.3 is 0 Å². The van der Waals surface area contributed by atoms with Gasteiger partial charge in [-0.05, 0) is 43.7 Å². The molecule has 1 aromatic rings. The van der Waals surface area contributed by atoms with Gasteiger partial charge in [0.2, 0.25) is 0 Å². The van der Waals surface area contributed by atoms with E-state index in [1.165, 1.54) is 12.8 Å². The number of aryl methyl sites for hydroxylation is 1. The van der Waals surface area contributed by atoms with Crippen LogP contribution in [0.5, 0.6) is 5.75 Å². The zero-order valence-electron chi connectivity index (χ0n) is 12.6. The largest absolute Gasteiger partial charge is 0.484 e. The van der Waals surface area contributed by atoms with Crippen LogP contribution in [0.4, 0.5) is 0 Å². The molecule has 0 bridgehead atoms. The normalized spacial score (nSPS) is 21.6. The fourth-order valence-corrected chi connectivity index (χ4v) is 2.60. The number of carbonyl (C=O) groups excluding carboxylic acids is 1. The number of amides is 1. The van der Waals surface area contributed by atoms with Crippen LogP contribution in [0, 0.1) is 12.8 Å². The minimum absolute atomic E-state index is 0.0516. The molecule has 1 heterocycles. The Morgan fingerprint density at radius 1 is 1.29 bits per heavy atom. The average Bonchev–Trinajstić information content (AvgIpc) is 3.20. The zero-order chi connectivity index (χ0) is 14.7. The van der Waals surface area contributed by atoms with E-state index in [0.717, 1.165) is 36.8 Å². The summed E-state index contributed by atoms with van der Waals surface area (Å²) in [6.07, 6.45) is 3.77. The SMILES string of the molecule is Cc1ccccc1OCC(=O)N1CC[C@@H](OCC2CC2)C1. The van der Waals surface area contributed by atoms with Crippen LogP contribution in [-0.2, 0) is 9.53 Å². The van der Waals surface area contributed by atoms with Crippen LogP contribution >= 0.6 is 0 Å². The highest BCUT2D eigenvalue weighted by molar-refractivity contribution is 5.78. The molecule has 1 aliphatic heterocycles. The van der Waals surface area contributed by atoms with Crippen LogP contribution < -0.4 is 4.74 Å². The zero-order valence-corrected chi connectivity index (χ0v) is 12.6. The predicted octanol–water partition coefficient (Wildman–Crippen LogP) is 2.40. The highest BCUT2D eigenvalue weighted by atomic mass is 16.5. The van der Waals surface area contributed by atoms with Gasteiger partial charge < -0.3 is 14.4 Å². The second kappa shape index (κ2) is 6.48. The van der Waals surface area contributed by atoms with Crippen LogP contribution in [0.3, 0.4) is 0 Å². The molecule has 114 valence electrons. The number of hydrogen-bond donors (Lipinski definition) is 0. The lowest BCUT2D eigenvalue weighted by Crippen LogP contribution is -2.34. The third-order valence-corrected chi connectivity index (χ3v) is 4.21. The number of benzene rings is 1. The van der Waals surface area contributed by atoms with Crippen molar-refractivity contribution in [2.75, 3.05) is 26.3 Å². The molecule has 0 spiro atoms. The molecule has 2 aliphatic rings. The standard InChI is InChI=1S/C17H23NO3/c1-13-4-2-3-5-16(13)21-12-17(19)18-9-8-15(10-18)20-11-14-6-7-14/h2-5,14-15H,6-12H2,1H3/t15-/m1/s1. The molecule has 1 atom stereocenters. The lowest BCUT2D eigenvalue weighted by atomic mass is 10.2. The minimum Gasteiger partial charge on any atom is -0.484 e. The maximum Gasteiger partial charge on any atom is 0.260 e. The molecule has 0 aromatic heterocycles. The second-order valence-corrected chi connectivity index (χ2v) is 6.08. The Kier molecular flexibility index (Phi) is 4.44. The molecule has 0 radical (unpaired) electrons. The number of ether oxygens (including phenoxy) is 2. The summed E-state index contributed by atoms with van der Waals surface area (Å²) in [6, 6.07) is 7.77. The van der Waals surface area contributed by atoms with Crippen molar-refractivity contribution in [2.24, 2.45) is 5.92 Å². The van der Waals surface area contributed by atoms with Gasteiger partial charge in [0.25, 0.3) is 5.91 Å². The first-order chi connectivity index (χ1) is 10.2. The van der Waals surface area contributed by atoms with Gasteiger partial charge in [-0.3, -0.25) is 4.79 Å². The van der Waals surface area contributed by atoms with Gasteiger partial charge in [-0.25, -0.2) is 0 Å². The van der Waals surface area contributed by atoms with Crippen LogP contribution in [0.1, 0.15) is 24.8 Å². The highest BCUT2D eigenvalue weighted by Crippen LogP contribution is 2.30. The summed E-state index contributed by atoms with van der Waals surface area (Å²) in [5.74, 6) is 1.61. The summed E-state index contributed by atoms with van der Waals surface area (Å²) in [5.41, 5.74) is 1.05. The fraction of sp³-hybridized carbons (Fsp3) is 0.588. The summed E-state index contributed by atoms with van der Waals surface area (Å²) in [7, 11) is 0. The smallest absolute Gasteiger partial charge is 0.260 e. The minimum atomic E-state index is 0.0516. The van der Waals surface area contributed by atoms with Gasteiger partial charge in [0.1, 0.15) is 5.75 Å². The number of likely N-dealkylation sites (tertiary alicyclic amines) is 1. The Morgan fingerprint density at radius 3 is 2.86 bits per heavy atom. The van der Waals surface area contributed by atoms with E-state index >= 15 is 0 Å². The van der Waals surface area contributed by atoms with E-state index in [2.05, 4.69) is 0 Å². The van der Waals surface area contributed by atoms with Gasteiger partial charge in [-0.15, -0.1) is 0 Å². The number of rotatable bonds is 6. The van der Waals surface area contributed by atoms with Gasteiger partial charge in [0, 0.05) is 19.7 Å². The summed E-state index contributed by atoms with van der Waals surface area (Å²) < 4.78 is 11.5. The Morgan fingerprint density at radius 2 is 2.10 bits per heavy atom. The van der Waals surface area contributed by atoms with Crippen molar-refractivity contribution in [1.29, 1.82) is 0 Å². The molecule has 2 fully saturated rings. The van der Waals surface area contributed by atoms with Crippen molar-refractivity contribution in [1.82, 2.24) is 4.90 Å². The van der Waals surface area contributed by atoms with Crippen LogP contribution in [0.25, 0.3) is 0 Å². The van der Waals surface area contributed by atoms with E-state index in [1.807, 2.05) is 36.1 Å². The Balaban J connectivity index is 1.42. The number of hydrogen-bond acceptors (Lipinski definition) is 3. The summed E-state index contributed by atoms with van der Waals surface area (Å²) in [5, 5.41) is 0. The lowest BCUT2D eigenvalue weighted by molar-refractivity contribution is -0.132. The molecular weight excluding hydrogens is 266 g/mol. The molecule has 4 heteroatoms. The Labute approximate surface area is 126 Å². The number of nitrogens with zero attached hydrogens (tertiary/aromatic N) is 1. The molecule has 0 unspecified atom stereocenters. The quantitative estimate of drug-likeness (QED) is 0.807. The van der Waals surface area contributed by atoms with E-state index in [4.69, 9.17) is 9.47 Å². The van der Waals surface area contributed by atoms with Crippen molar-refractivity contribution in [3.8, 4) is 5.75 Å². The highest BCUT2D eigenvalue weighted by Gasteiger charge is 2.29. The lowest BCUT2D eigenvalue weighted by Gasteiger charge is -2.17. The van der Waals surface area contributed by atoms with Crippen molar-refractivity contribution < 1.29 is 14.3 Å². The maximum atomic E-state index is 12.2. The molecule has 21 heavy (non-hydrogen) atoms. The van der Waals surface area contributed by atoms with Crippen molar-refractivity contribution >= 4 is 5.91 Å². The van der Waals surface area contributed by atoms with Crippen LogP contribution in [0.2, 0.25) is 0 Å². The molecule has 1 aromatic carbocycles. The molecule has 0 N–H and O–H groups in total. The van der Waals surface area contributed by atoms with Gasteiger partial charge in [-0.2, -0.15) is 0 Å². The van der Waals surface area contributed by atoms with E-state index in [1.54, 1.807) is 0 Å². The third kappa shape index (κ3) is 3.97. The first-order valence-electron chi connectivity index (χ1n) is 7.80. The maximum absolute atomic E-state index is 12.2. The Hall–Kier alpha value is -1.55. The molecule has 1 saturated heterocycles. The van der Waals surface area contributed by atoms with Crippen LogP contribution in [0.15, 0.2) is 24.3 Å². The first-order valence-corrected chi connectivity index (χ1v) is 7.80.